The Morgan fingerprint density at radius 1 is 0.933 bits per heavy atom. The van der Waals surface area contributed by atoms with E-state index in [1.54, 1.807) is 0 Å². The Balaban J connectivity index is 2.53. The lowest BCUT2D eigenvalue weighted by Gasteiger charge is -2.17. The van der Waals surface area contributed by atoms with Crippen molar-refractivity contribution in [2.75, 3.05) is 24.8 Å². The molecule has 84 valence electrons. The van der Waals surface area contributed by atoms with E-state index in [1.807, 2.05) is 24.3 Å². The third-order valence-corrected chi connectivity index (χ3v) is 2.89. The van der Waals surface area contributed by atoms with Crippen molar-refractivity contribution in [2.45, 2.75) is 6.54 Å². The van der Waals surface area contributed by atoms with E-state index in [-0.39, 0.29) is 0 Å². The molecule has 1 N–H and O–H groups in total. The van der Waals surface area contributed by atoms with E-state index in [9.17, 15) is 0 Å². The Labute approximate surface area is 106 Å². The summed E-state index contributed by atoms with van der Waals surface area (Å²) >= 11 is 17.3. The van der Waals surface area contributed by atoms with Crippen molar-refractivity contribution in [3.05, 3.63) is 34.9 Å². The predicted octanol–water partition coefficient (Wildman–Crippen LogP) is 2.20. The second kappa shape index (κ2) is 7.34. The summed E-state index contributed by atoms with van der Waals surface area (Å²) in [4.78, 5) is 1.40. The van der Waals surface area contributed by atoms with Crippen LogP contribution in [0.2, 0.25) is 5.02 Å². The lowest BCUT2D eigenvalue weighted by Crippen LogP contribution is -3.11. The maximum absolute atomic E-state index is 5.82. The lowest BCUT2D eigenvalue weighted by molar-refractivity contribution is -0.909. The number of alkyl halides is 2. The highest BCUT2D eigenvalue weighted by Gasteiger charge is 2.07. The molecule has 0 atom stereocenters. The highest BCUT2D eigenvalue weighted by atomic mass is 35.5. The summed E-state index contributed by atoms with van der Waals surface area (Å²) in [6, 6.07) is 7.92. The number of quaternary nitrogens is 1. The van der Waals surface area contributed by atoms with Gasteiger partial charge < -0.3 is 4.90 Å². The van der Waals surface area contributed by atoms with Crippen LogP contribution in [-0.2, 0) is 6.54 Å². The van der Waals surface area contributed by atoms with Gasteiger partial charge in [0.1, 0.15) is 6.54 Å². The SMILES string of the molecule is ClCC[NH+](CCCl)Cc1ccc(Cl)cc1. The molecule has 1 aromatic rings. The molecule has 0 aliphatic heterocycles. The first-order valence-electron chi connectivity index (χ1n) is 4.96. The number of hydrogen-bond acceptors (Lipinski definition) is 0. The molecule has 4 heteroatoms. The molecular weight excluding hydrogens is 252 g/mol. The zero-order chi connectivity index (χ0) is 11.1. The van der Waals surface area contributed by atoms with Gasteiger partial charge in [-0.25, -0.2) is 0 Å². The lowest BCUT2D eigenvalue weighted by atomic mass is 10.2. The highest BCUT2D eigenvalue weighted by molar-refractivity contribution is 6.30. The first-order valence-corrected chi connectivity index (χ1v) is 6.41. The maximum Gasteiger partial charge on any atom is 0.103 e. The van der Waals surface area contributed by atoms with Crippen LogP contribution in [0.25, 0.3) is 0 Å². The summed E-state index contributed by atoms with van der Waals surface area (Å²) < 4.78 is 0. The van der Waals surface area contributed by atoms with Gasteiger partial charge in [0.2, 0.25) is 0 Å². The topological polar surface area (TPSA) is 4.44 Å². The molecule has 0 saturated heterocycles. The second-order valence-electron chi connectivity index (χ2n) is 3.43. The molecule has 1 aromatic carbocycles. The Hall–Kier alpha value is 0.0500. The molecule has 0 unspecified atom stereocenters. The van der Waals surface area contributed by atoms with Gasteiger partial charge in [-0.3, -0.25) is 0 Å². The Bertz CT molecular complexity index is 268. The molecule has 0 aliphatic carbocycles. The molecule has 0 saturated carbocycles. The molecule has 0 aromatic heterocycles. The van der Waals surface area contributed by atoms with Crippen LogP contribution in [-0.4, -0.2) is 24.8 Å². The summed E-state index contributed by atoms with van der Waals surface area (Å²) in [5.41, 5.74) is 1.27. The van der Waals surface area contributed by atoms with Gasteiger partial charge >= 0.3 is 0 Å². The minimum atomic E-state index is 0.666. The average molecular weight is 268 g/mol. The van der Waals surface area contributed by atoms with Gasteiger partial charge in [-0.05, 0) is 12.1 Å². The molecule has 1 nitrogen and oxygen atoms in total. The zero-order valence-corrected chi connectivity index (χ0v) is 10.7. The third kappa shape index (κ3) is 5.07. The van der Waals surface area contributed by atoms with Gasteiger partial charge in [0.25, 0.3) is 0 Å². The van der Waals surface area contributed by atoms with Crippen LogP contribution >= 0.6 is 34.8 Å². The van der Waals surface area contributed by atoms with Crippen LogP contribution in [0.1, 0.15) is 5.56 Å². The van der Waals surface area contributed by atoms with Crippen LogP contribution in [0.5, 0.6) is 0 Å². The molecule has 0 radical (unpaired) electrons. The van der Waals surface area contributed by atoms with Crippen LogP contribution in [0.3, 0.4) is 0 Å². The summed E-state index contributed by atoms with van der Waals surface area (Å²) in [5.74, 6) is 1.33. The minimum absolute atomic E-state index is 0.666. The maximum atomic E-state index is 5.82. The van der Waals surface area contributed by atoms with E-state index in [1.165, 1.54) is 10.5 Å². The van der Waals surface area contributed by atoms with Crippen LogP contribution < -0.4 is 4.90 Å². The first kappa shape index (κ1) is 13.1. The van der Waals surface area contributed by atoms with Crippen molar-refractivity contribution in [2.24, 2.45) is 0 Å². The summed E-state index contributed by atoms with van der Waals surface area (Å²) in [5, 5.41) is 0.773. The Kier molecular flexibility index (Phi) is 6.42. The van der Waals surface area contributed by atoms with Crippen molar-refractivity contribution in [1.82, 2.24) is 0 Å². The molecular formula is C11H15Cl3N+. The standard InChI is InChI=1S/C11H14Cl3N/c12-5-7-15(8-6-13)9-10-1-3-11(14)4-2-10/h1-4H,5-9H2/p+1. The van der Waals surface area contributed by atoms with E-state index in [0.29, 0.717) is 11.8 Å². The number of hydrogen-bond donors (Lipinski definition) is 1. The second-order valence-corrected chi connectivity index (χ2v) is 4.62. The summed E-state index contributed by atoms with van der Waals surface area (Å²) in [6.45, 7) is 2.84. The molecule has 15 heavy (non-hydrogen) atoms. The fraction of sp³-hybridized carbons (Fsp3) is 0.455. The normalized spacial score (nSPS) is 10.9. The summed E-state index contributed by atoms with van der Waals surface area (Å²) in [7, 11) is 0. The zero-order valence-electron chi connectivity index (χ0n) is 8.48. The van der Waals surface area contributed by atoms with Gasteiger partial charge in [-0.15, -0.1) is 23.2 Å². The fourth-order valence-electron chi connectivity index (χ4n) is 1.46. The number of halogens is 3. The molecule has 0 amide bonds. The molecule has 0 aliphatic rings. The fourth-order valence-corrected chi connectivity index (χ4v) is 2.12. The highest BCUT2D eigenvalue weighted by Crippen LogP contribution is 2.08. The molecule has 0 heterocycles. The van der Waals surface area contributed by atoms with E-state index in [4.69, 9.17) is 34.8 Å². The predicted molar refractivity (Wildman–Crippen MR) is 67.3 cm³/mol. The quantitative estimate of drug-likeness (QED) is 0.754. The third-order valence-electron chi connectivity index (χ3n) is 2.26. The van der Waals surface area contributed by atoms with Gasteiger partial charge in [-0.2, -0.15) is 0 Å². The van der Waals surface area contributed by atoms with Gasteiger partial charge in [0, 0.05) is 10.6 Å². The average Bonchev–Trinajstić information content (AvgIpc) is 2.22. The number of rotatable bonds is 6. The Morgan fingerprint density at radius 2 is 1.47 bits per heavy atom. The van der Waals surface area contributed by atoms with Crippen molar-refractivity contribution in [1.29, 1.82) is 0 Å². The van der Waals surface area contributed by atoms with Crippen molar-refractivity contribution in [3.8, 4) is 0 Å². The van der Waals surface area contributed by atoms with Gasteiger partial charge in [0.05, 0.1) is 24.8 Å². The van der Waals surface area contributed by atoms with Crippen molar-refractivity contribution in [3.63, 3.8) is 0 Å². The van der Waals surface area contributed by atoms with E-state index in [0.717, 1.165) is 24.7 Å². The minimum Gasteiger partial charge on any atom is -0.329 e. The van der Waals surface area contributed by atoms with Crippen LogP contribution in [0, 0.1) is 0 Å². The molecule has 0 fully saturated rings. The van der Waals surface area contributed by atoms with E-state index >= 15 is 0 Å². The van der Waals surface area contributed by atoms with Crippen molar-refractivity contribution >= 4 is 34.8 Å². The largest absolute Gasteiger partial charge is 0.329 e. The van der Waals surface area contributed by atoms with E-state index in [2.05, 4.69) is 0 Å². The first-order chi connectivity index (χ1) is 7.26. The van der Waals surface area contributed by atoms with Crippen molar-refractivity contribution < 1.29 is 4.90 Å². The molecule has 0 spiro atoms. The Morgan fingerprint density at radius 3 is 1.93 bits per heavy atom. The smallest absolute Gasteiger partial charge is 0.103 e. The van der Waals surface area contributed by atoms with Crippen LogP contribution in [0.15, 0.2) is 24.3 Å². The number of nitrogens with one attached hydrogen (secondary N) is 1. The van der Waals surface area contributed by atoms with Gasteiger partial charge in [-0.1, -0.05) is 23.7 Å². The van der Waals surface area contributed by atoms with Gasteiger partial charge in [0.15, 0.2) is 0 Å². The monoisotopic (exact) mass is 266 g/mol. The summed E-state index contributed by atoms with van der Waals surface area (Å²) in [6.07, 6.45) is 0. The molecule has 0 bridgehead atoms. The van der Waals surface area contributed by atoms with E-state index < -0.39 is 0 Å². The van der Waals surface area contributed by atoms with Crippen LogP contribution in [0.4, 0.5) is 0 Å². The number of benzene rings is 1. The molecule has 1 rings (SSSR count).